The molecule has 7 nitrogen and oxygen atoms in total. The van der Waals surface area contributed by atoms with Gasteiger partial charge in [0, 0.05) is 23.4 Å². The lowest BCUT2D eigenvalue weighted by molar-refractivity contribution is -0.116. The van der Waals surface area contributed by atoms with Crippen molar-refractivity contribution in [3.05, 3.63) is 77.6 Å². The summed E-state index contributed by atoms with van der Waals surface area (Å²) in [4.78, 5) is 25.0. The van der Waals surface area contributed by atoms with E-state index in [2.05, 4.69) is 10.6 Å². The summed E-state index contributed by atoms with van der Waals surface area (Å²) < 4.78 is 29.4. The van der Waals surface area contributed by atoms with Gasteiger partial charge in [0.05, 0.1) is 21.3 Å². The molecule has 0 unspecified atom stereocenters. The van der Waals surface area contributed by atoms with E-state index in [0.717, 1.165) is 5.56 Å². The first kappa shape index (κ1) is 23.6. The first-order valence-electron chi connectivity index (χ1n) is 10.2. The lowest BCUT2D eigenvalue weighted by atomic mass is 10.1. The average Bonchev–Trinajstić information content (AvgIpc) is 2.82. The summed E-state index contributed by atoms with van der Waals surface area (Å²) in [5, 5.41) is 5.42. The summed E-state index contributed by atoms with van der Waals surface area (Å²) in [6.45, 7) is 0. The van der Waals surface area contributed by atoms with Gasteiger partial charge >= 0.3 is 0 Å². The van der Waals surface area contributed by atoms with Gasteiger partial charge in [0.1, 0.15) is 5.82 Å². The van der Waals surface area contributed by atoms with Crippen LogP contribution in [0.15, 0.2) is 60.7 Å². The SMILES string of the molecule is COc1ccc(CCC(=O)Nc2cccc(C(=O)Nc3cccc(F)c3)c2)c(OC)c1OC. The molecule has 2 N–H and O–H groups in total. The molecule has 0 aliphatic heterocycles. The Kier molecular flexibility index (Phi) is 7.86. The second-order valence-corrected chi connectivity index (χ2v) is 7.09. The monoisotopic (exact) mass is 452 g/mol. The number of amides is 2. The van der Waals surface area contributed by atoms with Crippen molar-refractivity contribution in [2.75, 3.05) is 32.0 Å². The molecule has 0 aliphatic rings. The number of ether oxygens (including phenoxy) is 3. The third-order valence-electron chi connectivity index (χ3n) is 4.90. The van der Waals surface area contributed by atoms with Crippen molar-refractivity contribution in [3.63, 3.8) is 0 Å². The third kappa shape index (κ3) is 6.00. The fourth-order valence-electron chi connectivity index (χ4n) is 3.34. The Morgan fingerprint density at radius 3 is 2.18 bits per heavy atom. The van der Waals surface area contributed by atoms with E-state index < -0.39 is 11.7 Å². The molecule has 0 spiro atoms. The van der Waals surface area contributed by atoms with Crippen LogP contribution >= 0.6 is 0 Å². The standard InChI is InChI=1S/C25H25FN2O5/c1-31-21-12-10-16(23(32-2)24(21)33-3)11-13-22(29)27-19-8-4-6-17(14-19)25(30)28-20-9-5-7-18(26)15-20/h4-10,12,14-15H,11,13H2,1-3H3,(H,27,29)(H,28,30). The predicted octanol–water partition coefficient (Wildman–Crippen LogP) is 4.68. The molecular formula is C25H25FN2O5. The highest BCUT2D eigenvalue weighted by atomic mass is 19.1. The molecule has 2 amide bonds. The van der Waals surface area contributed by atoms with Crippen LogP contribution in [0.25, 0.3) is 0 Å². The van der Waals surface area contributed by atoms with E-state index in [1.807, 2.05) is 6.07 Å². The number of halogens is 1. The summed E-state index contributed by atoms with van der Waals surface area (Å²) in [6.07, 6.45) is 0.598. The molecule has 0 fully saturated rings. The summed E-state index contributed by atoms with van der Waals surface area (Å²) in [5.41, 5.74) is 1.96. The molecule has 0 atom stereocenters. The molecule has 172 valence electrons. The highest BCUT2D eigenvalue weighted by molar-refractivity contribution is 6.05. The zero-order valence-electron chi connectivity index (χ0n) is 18.6. The zero-order chi connectivity index (χ0) is 23.8. The van der Waals surface area contributed by atoms with Gasteiger partial charge in [-0.25, -0.2) is 4.39 Å². The lowest BCUT2D eigenvalue weighted by Crippen LogP contribution is -2.15. The van der Waals surface area contributed by atoms with Crippen molar-refractivity contribution in [3.8, 4) is 17.2 Å². The van der Waals surface area contributed by atoms with E-state index in [0.29, 0.717) is 40.6 Å². The zero-order valence-corrected chi connectivity index (χ0v) is 18.6. The Morgan fingerprint density at radius 2 is 1.52 bits per heavy atom. The molecule has 0 aliphatic carbocycles. The molecule has 0 aromatic heterocycles. The number of benzene rings is 3. The first-order chi connectivity index (χ1) is 15.9. The van der Waals surface area contributed by atoms with Crippen LogP contribution < -0.4 is 24.8 Å². The van der Waals surface area contributed by atoms with Crippen LogP contribution in [-0.4, -0.2) is 33.1 Å². The number of methoxy groups -OCH3 is 3. The summed E-state index contributed by atoms with van der Waals surface area (Å²) in [6, 6.07) is 15.7. The Labute approximate surface area is 191 Å². The van der Waals surface area contributed by atoms with Gasteiger partial charge in [-0.2, -0.15) is 0 Å². The molecule has 33 heavy (non-hydrogen) atoms. The van der Waals surface area contributed by atoms with E-state index in [4.69, 9.17) is 14.2 Å². The van der Waals surface area contributed by atoms with Crippen molar-refractivity contribution in [1.29, 1.82) is 0 Å². The molecule has 8 heteroatoms. The van der Waals surface area contributed by atoms with E-state index in [1.165, 1.54) is 39.5 Å². The molecule has 3 aromatic rings. The Bertz CT molecular complexity index is 1150. The molecule has 0 heterocycles. The van der Waals surface area contributed by atoms with E-state index in [9.17, 15) is 14.0 Å². The second kappa shape index (κ2) is 11.0. The number of rotatable bonds is 9. The van der Waals surface area contributed by atoms with Gasteiger partial charge in [-0.1, -0.05) is 18.2 Å². The fraction of sp³-hybridized carbons (Fsp3) is 0.200. The van der Waals surface area contributed by atoms with Crippen LogP contribution in [0.4, 0.5) is 15.8 Å². The number of carbonyl (C=O) groups is 2. The van der Waals surface area contributed by atoms with Crippen LogP contribution in [-0.2, 0) is 11.2 Å². The minimum absolute atomic E-state index is 0.186. The fourth-order valence-corrected chi connectivity index (χ4v) is 3.34. The first-order valence-corrected chi connectivity index (χ1v) is 10.2. The van der Waals surface area contributed by atoms with Gasteiger partial charge in [-0.15, -0.1) is 0 Å². The predicted molar refractivity (Wildman–Crippen MR) is 124 cm³/mol. The van der Waals surface area contributed by atoms with Crippen LogP contribution in [0.2, 0.25) is 0 Å². The highest BCUT2D eigenvalue weighted by Gasteiger charge is 2.17. The van der Waals surface area contributed by atoms with Crippen LogP contribution in [0.1, 0.15) is 22.3 Å². The van der Waals surface area contributed by atoms with Gasteiger partial charge in [0.25, 0.3) is 5.91 Å². The van der Waals surface area contributed by atoms with Gasteiger partial charge in [0.15, 0.2) is 11.5 Å². The van der Waals surface area contributed by atoms with E-state index in [-0.39, 0.29) is 12.3 Å². The minimum Gasteiger partial charge on any atom is -0.493 e. The Hall–Kier alpha value is -4.07. The topological polar surface area (TPSA) is 85.9 Å². The largest absolute Gasteiger partial charge is 0.493 e. The minimum atomic E-state index is -0.445. The van der Waals surface area contributed by atoms with Gasteiger partial charge < -0.3 is 24.8 Å². The van der Waals surface area contributed by atoms with Crippen molar-refractivity contribution in [2.24, 2.45) is 0 Å². The lowest BCUT2D eigenvalue weighted by Gasteiger charge is -2.15. The summed E-state index contributed by atoms with van der Waals surface area (Å²) in [5.74, 6) is 0.438. The van der Waals surface area contributed by atoms with Crippen LogP contribution in [0, 0.1) is 5.82 Å². The third-order valence-corrected chi connectivity index (χ3v) is 4.90. The maximum absolute atomic E-state index is 13.3. The van der Waals surface area contributed by atoms with Gasteiger partial charge in [-0.3, -0.25) is 9.59 Å². The van der Waals surface area contributed by atoms with E-state index >= 15 is 0 Å². The average molecular weight is 452 g/mol. The quantitative estimate of drug-likeness (QED) is 0.493. The van der Waals surface area contributed by atoms with Crippen LogP contribution in [0.5, 0.6) is 17.2 Å². The van der Waals surface area contributed by atoms with Gasteiger partial charge in [0.2, 0.25) is 11.7 Å². The van der Waals surface area contributed by atoms with Crippen molar-refractivity contribution >= 4 is 23.2 Å². The molecule has 3 aromatic carbocycles. The number of aryl methyl sites for hydroxylation is 1. The number of anilines is 2. The summed E-state index contributed by atoms with van der Waals surface area (Å²) >= 11 is 0. The maximum atomic E-state index is 13.3. The Balaban J connectivity index is 1.64. The molecular weight excluding hydrogens is 427 g/mol. The number of nitrogens with one attached hydrogen (secondary N) is 2. The molecule has 0 saturated carbocycles. The summed E-state index contributed by atoms with van der Waals surface area (Å²) in [7, 11) is 4.59. The second-order valence-electron chi connectivity index (χ2n) is 7.09. The molecule has 0 radical (unpaired) electrons. The number of hydrogen-bond donors (Lipinski definition) is 2. The van der Waals surface area contributed by atoms with Crippen molar-refractivity contribution < 1.29 is 28.2 Å². The van der Waals surface area contributed by atoms with Crippen molar-refractivity contribution in [1.82, 2.24) is 0 Å². The van der Waals surface area contributed by atoms with Crippen molar-refractivity contribution in [2.45, 2.75) is 12.8 Å². The number of carbonyl (C=O) groups excluding carboxylic acids is 2. The normalized spacial score (nSPS) is 10.3. The van der Waals surface area contributed by atoms with E-state index in [1.54, 1.807) is 36.4 Å². The molecule has 3 rings (SSSR count). The Morgan fingerprint density at radius 1 is 0.818 bits per heavy atom. The molecule has 0 saturated heterocycles. The maximum Gasteiger partial charge on any atom is 0.255 e. The smallest absolute Gasteiger partial charge is 0.255 e. The highest BCUT2D eigenvalue weighted by Crippen LogP contribution is 2.40. The number of hydrogen-bond acceptors (Lipinski definition) is 5. The van der Waals surface area contributed by atoms with Gasteiger partial charge in [-0.05, 0) is 54.4 Å². The molecule has 0 bridgehead atoms. The van der Waals surface area contributed by atoms with Crippen LogP contribution in [0.3, 0.4) is 0 Å².